The third kappa shape index (κ3) is 6.59. The van der Waals surface area contributed by atoms with Crippen molar-refractivity contribution in [3.8, 4) is 17.2 Å². The topological polar surface area (TPSA) is 92.3 Å². The fourth-order valence-electron chi connectivity index (χ4n) is 3.74. The Labute approximate surface area is 226 Å². The molecule has 1 heterocycles. The molecule has 0 amide bonds. The number of aromatic nitrogens is 3. The summed E-state index contributed by atoms with van der Waals surface area (Å²) in [6.07, 6.45) is 0. The summed E-state index contributed by atoms with van der Waals surface area (Å²) in [5.74, 6) is 0.306. The second-order valence-electron chi connectivity index (χ2n) is 8.15. The number of nitrogens with zero attached hydrogens (tertiary/aromatic N) is 4. The highest BCUT2D eigenvalue weighted by atomic mass is 35.5. The fraction of sp³-hybridized carbons (Fsp3) is 0.231. The van der Waals surface area contributed by atoms with Gasteiger partial charge in [-0.25, -0.2) is 8.78 Å². The standard InChI is InChI=1S/C26H23ClF2N4O4S/c1-3-36-23-13-18(12-22(27)25(23)37-15-17-5-4-6-20(29)11-17)24(14-32(34)35)38-26-31-30-16(2)33(26)21-9-7-19(28)8-10-21/h4-13,24H,3,14-15H2,1-2H3/t24-/m1/s1. The minimum atomic E-state index is -0.721. The fourth-order valence-corrected chi connectivity index (χ4v) is 5.17. The molecule has 4 aromatic rings. The molecule has 8 nitrogen and oxygen atoms in total. The Bertz CT molecular complexity index is 1440. The van der Waals surface area contributed by atoms with Crippen molar-refractivity contribution < 1.29 is 23.2 Å². The van der Waals surface area contributed by atoms with Gasteiger partial charge in [0.25, 0.3) is 0 Å². The molecule has 198 valence electrons. The molecule has 0 bridgehead atoms. The predicted molar refractivity (Wildman–Crippen MR) is 140 cm³/mol. The minimum Gasteiger partial charge on any atom is -0.490 e. The zero-order valence-corrected chi connectivity index (χ0v) is 22.0. The summed E-state index contributed by atoms with van der Waals surface area (Å²) in [4.78, 5) is 11.2. The van der Waals surface area contributed by atoms with Crippen molar-refractivity contribution in [3.63, 3.8) is 0 Å². The number of hydrogen-bond acceptors (Lipinski definition) is 7. The molecule has 4 rings (SSSR count). The number of halogens is 3. The molecule has 38 heavy (non-hydrogen) atoms. The summed E-state index contributed by atoms with van der Waals surface area (Å²) < 4.78 is 40.3. The van der Waals surface area contributed by atoms with Crippen molar-refractivity contribution in [2.45, 2.75) is 30.9 Å². The smallest absolute Gasteiger partial charge is 0.220 e. The van der Waals surface area contributed by atoms with Crippen LogP contribution in [-0.4, -0.2) is 32.8 Å². The van der Waals surface area contributed by atoms with Crippen molar-refractivity contribution >= 4 is 23.4 Å². The van der Waals surface area contributed by atoms with Crippen molar-refractivity contribution in [2.24, 2.45) is 0 Å². The maximum absolute atomic E-state index is 13.6. The van der Waals surface area contributed by atoms with Crippen molar-refractivity contribution in [1.82, 2.24) is 14.8 Å². The molecule has 0 fully saturated rings. The van der Waals surface area contributed by atoms with Crippen LogP contribution in [0.5, 0.6) is 11.5 Å². The molecule has 0 radical (unpaired) electrons. The van der Waals surface area contributed by atoms with Gasteiger partial charge >= 0.3 is 0 Å². The van der Waals surface area contributed by atoms with E-state index in [1.807, 2.05) is 0 Å². The van der Waals surface area contributed by atoms with E-state index >= 15 is 0 Å². The SMILES string of the molecule is CCOc1cc([C@@H](C[N+](=O)[O-])Sc2nnc(C)n2-c2ccc(F)cc2)cc(Cl)c1OCc1cccc(F)c1. The summed E-state index contributed by atoms with van der Waals surface area (Å²) in [6.45, 7) is 3.42. The van der Waals surface area contributed by atoms with Gasteiger partial charge in [-0.2, -0.15) is 0 Å². The first-order valence-electron chi connectivity index (χ1n) is 11.5. The quantitative estimate of drug-likeness (QED) is 0.116. The normalized spacial score (nSPS) is 11.8. The molecule has 12 heteroatoms. The van der Waals surface area contributed by atoms with Gasteiger partial charge in [0.15, 0.2) is 16.7 Å². The van der Waals surface area contributed by atoms with E-state index in [2.05, 4.69) is 10.2 Å². The van der Waals surface area contributed by atoms with Crippen LogP contribution in [0.2, 0.25) is 5.02 Å². The molecule has 1 atom stereocenters. The van der Waals surface area contributed by atoms with E-state index < -0.39 is 22.5 Å². The molecular weight excluding hydrogens is 538 g/mol. The number of thioether (sulfide) groups is 1. The number of hydrogen-bond donors (Lipinski definition) is 0. The highest BCUT2D eigenvalue weighted by Gasteiger charge is 2.26. The van der Waals surface area contributed by atoms with E-state index in [4.69, 9.17) is 21.1 Å². The van der Waals surface area contributed by atoms with Crippen molar-refractivity contribution in [1.29, 1.82) is 0 Å². The first kappa shape index (κ1) is 27.3. The predicted octanol–water partition coefficient (Wildman–Crippen LogP) is 6.60. The third-order valence-electron chi connectivity index (χ3n) is 5.42. The Morgan fingerprint density at radius 2 is 1.84 bits per heavy atom. The Morgan fingerprint density at radius 3 is 2.53 bits per heavy atom. The zero-order chi connectivity index (χ0) is 27.2. The lowest BCUT2D eigenvalue weighted by molar-refractivity contribution is -0.479. The Hall–Kier alpha value is -3.70. The lowest BCUT2D eigenvalue weighted by Gasteiger charge is -2.19. The number of aryl methyl sites for hydroxylation is 1. The van der Waals surface area contributed by atoms with E-state index in [-0.39, 0.29) is 23.2 Å². The van der Waals surface area contributed by atoms with Crippen molar-refractivity contribution in [2.75, 3.05) is 13.2 Å². The van der Waals surface area contributed by atoms with E-state index in [1.165, 1.54) is 24.3 Å². The molecule has 0 unspecified atom stereocenters. The maximum atomic E-state index is 13.6. The van der Waals surface area contributed by atoms with Gasteiger partial charge in [-0.15, -0.1) is 10.2 Å². The number of benzene rings is 3. The van der Waals surface area contributed by atoms with Crippen LogP contribution in [0.25, 0.3) is 5.69 Å². The second-order valence-corrected chi connectivity index (χ2v) is 9.72. The average molecular weight is 561 g/mol. The second kappa shape index (κ2) is 12.2. The van der Waals surface area contributed by atoms with Crippen LogP contribution >= 0.6 is 23.4 Å². The molecule has 0 saturated carbocycles. The van der Waals surface area contributed by atoms with E-state index in [0.717, 1.165) is 11.8 Å². The van der Waals surface area contributed by atoms with Crippen LogP contribution in [-0.2, 0) is 6.61 Å². The largest absolute Gasteiger partial charge is 0.490 e. The van der Waals surface area contributed by atoms with Gasteiger partial charge in [0.1, 0.15) is 29.3 Å². The van der Waals surface area contributed by atoms with Gasteiger partial charge in [-0.05, 0) is 73.5 Å². The highest BCUT2D eigenvalue weighted by molar-refractivity contribution is 7.99. The monoisotopic (exact) mass is 560 g/mol. The molecule has 3 aromatic carbocycles. The summed E-state index contributed by atoms with van der Waals surface area (Å²) in [6, 6.07) is 15.0. The van der Waals surface area contributed by atoms with Crippen LogP contribution in [0.3, 0.4) is 0 Å². The van der Waals surface area contributed by atoms with Gasteiger partial charge < -0.3 is 9.47 Å². The van der Waals surface area contributed by atoms with Crippen LogP contribution in [0, 0.1) is 28.7 Å². The lowest BCUT2D eigenvalue weighted by Crippen LogP contribution is -2.12. The molecule has 0 aliphatic heterocycles. The molecule has 0 spiro atoms. The highest BCUT2D eigenvalue weighted by Crippen LogP contribution is 2.43. The summed E-state index contributed by atoms with van der Waals surface area (Å²) in [5, 5.41) is 19.8. The molecular formula is C26H23ClF2N4O4S. The van der Waals surface area contributed by atoms with Crippen LogP contribution in [0.15, 0.2) is 65.8 Å². The number of ether oxygens (including phenoxy) is 2. The van der Waals surface area contributed by atoms with Crippen molar-refractivity contribution in [3.05, 3.63) is 104 Å². The van der Waals surface area contributed by atoms with E-state index in [0.29, 0.717) is 40.2 Å². The maximum Gasteiger partial charge on any atom is 0.220 e. The Balaban J connectivity index is 1.67. The number of rotatable bonds is 11. The molecule has 0 N–H and O–H groups in total. The Morgan fingerprint density at radius 1 is 1.08 bits per heavy atom. The van der Waals surface area contributed by atoms with E-state index in [1.54, 1.807) is 54.8 Å². The first-order valence-corrected chi connectivity index (χ1v) is 12.8. The van der Waals surface area contributed by atoms with Crippen LogP contribution < -0.4 is 9.47 Å². The first-order chi connectivity index (χ1) is 18.2. The van der Waals surface area contributed by atoms with Crippen LogP contribution in [0.1, 0.15) is 29.1 Å². The summed E-state index contributed by atoms with van der Waals surface area (Å²) in [7, 11) is 0. The molecule has 0 aliphatic rings. The summed E-state index contributed by atoms with van der Waals surface area (Å²) in [5.41, 5.74) is 1.74. The van der Waals surface area contributed by atoms with Gasteiger partial charge in [0.2, 0.25) is 6.54 Å². The van der Waals surface area contributed by atoms with Gasteiger partial charge in [0.05, 0.1) is 11.6 Å². The minimum absolute atomic E-state index is 0.0457. The zero-order valence-electron chi connectivity index (χ0n) is 20.4. The average Bonchev–Trinajstić information content (AvgIpc) is 3.23. The van der Waals surface area contributed by atoms with Gasteiger partial charge in [-0.1, -0.05) is 35.5 Å². The van der Waals surface area contributed by atoms with Gasteiger partial charge in [0, 0.05) is 10.6 Å². The third-order valence-corrected chi connectivity index (χ3v) is 6.88. The van der Waals surface area contributed by atoms with Crippen LogP contribution in [0.4, 0.5) is 8.78 Å². The molecule has 0 saturated heterocycles. The Kier molecular flexibility index (Phi) is 8.80. The molecule has 1 aromatic heterocycles. The number of nitro groups is 1. The lowest BCUT2D eigenvalue weighted by atomic mass is 10.1. The molecule has 0 aliphatic carbocycles. The summed E-state index contributed by atoms with van der Waals surface area (Å²) >= 11 is 7.70. The van der Waals surface area contributed by atoms with Gasteiger partial charge in [-0.3, -0.25) is 14.7 Å². The van der Waals surface area contributed by atoms with E-state index in [9.17, 15) is 18.9 Å².